The normalized spacial score (nSPS) is 13.2. The van der Waals surface area contributed by atoms with Gasteiger partial charge in [-0.2, -0.15) is 0 Å². The fraction of sp³-hybridized carbons (Fsp3) is 0.700. The summed E-state index contributed by atoms with van der Waals surface area (Å²) in [6.45, 7) is 2.00. The summed E-state index contributed by atoms with van der Waals surface area (Å²) in [5.74, 6) is -4.38. The molecule has 1 radical (unpaired) electrons. The molecule has 1 saturated heterocycles. The number of hydrogen-bond acceptors (Lipinski definition) is 4. The number of aliphatic carboxylic acids is 3. The zero-order valence-electron chi connectivity index (χ0n) is 12.7. The van der Waals surface area contributed by atoms with E-state index in [-0.39, 0.29) is 18.6 Å². The Morgan fingerprint density at radius 1 is 0.593 bits per heavy atom. The smallest absolute Gasteiger partial charge is 0.356 e. The van der Waals surface area contributed by atoms with Crippen molar-refractivity contribution in [2.45, 2.75) is 24.2 Å². The van der Waals surface area contributed by atoms with Crippen molar-refractivity contribution in [3.63, 3.8) is 0 Å². The molecule has 0 spiro atoms. The molecule has 0 aromatic carbocycles. The van der Waals surface area contributed by atoms with Crippen molar-refractivity contribution >= 4 is 122 Å². The molecule has 0 aromatic rings. The fourth-order valence-electron chi connectivity index (χ4n) is 0.510. The minimum atomic E-state index is -2.17. The summed E-state index contributed by atoms with van der Waals surface area (Å²) in [6, 6.07) is 0. The Bertz CT molecular complexity index is 377. The first-order valence-electron chi connectivity index (χ1n) is 5.81. The summed E-state index contributed by atoms with van der Waals surface area (Å²) in [5.41, 5.74) is 0. The Hall–Kier alpha value is 1.56. The van der Waals surface area contributed by atoms with Gasteiger partial charge in [0.1, 0.15) is 0 Å². The molecule has 7 nitrogen and oxygen atoms in total. The minimum Gasteiger partial charge on any atom is -0.478 e. The van der Waals surface area contributed by atoms with Crippen LogP contribution in [0.4, 0.5) is 0 Å². The van der Waals surface area contributed by atoms with Gasteiger partial charge in [-0.15, -0.1) is 0 Å². The van der Waals surface area contributed by atoms with E-state index in [9.17, 15) is 14.4 Å². The average molecular weight is 613 g/mol. The van der Waals surface area contributed by atoms with Crippen molar-refractivity contribution in [3.8, 4) is 0 Å². The molecule has 0 bridgehead atoms. The number of carboxylic acid groups (broad SMARTS) is 3. The van der Waals surface area contributed by atoms with Crippen molar-refractivity contribution < 1.29 is 53.0 Å². The van der Waals surface area contributed by atoms with Crippen molar-refractivity contribution in [2.75, 3.05) is 13.2 Å². The van der Waals surface area contributed by atoms with Crippen LogP contribution in [0.5, 0.6) is 0 Å². The fourth-order valence-corrected chi connectivity index (χ4v) is 0.510. The molecule has 0 atom stereocenters. The van der Waals surface area contributed by atoms with Crippen LogP contribution in [0, 0.1) is 0 Å². The summed E-state index contributed by atoms with van der Waals surface area (Å²) in [7, 11) is 0. The third-order valence-corrected chi connectivity index (χ3v) is 3.01. The number of carbonyl (C=O) groups is 3. The van der Waals surface area contributed by atoms with Crippen LogP contribution in [0.3, 0.4) is 0 Å². The van der Waals surface area contributed by atoms with E-state index in [1.165, 1.54) is 12.8 Å². The van der Waals surface area contributed by atoms with Gasteiger partial charge in [0.25, 0.3) is 11.4 Å². The van der Waals surface area contributed by atoms with Crippen LogP contribution in [-0.2, 0) is 37.7 Å². The molecule has 0 unspecified atom stereocenters. The molecule has 0 aliphatic carbocycles. The van der Waals surface area contributed by atoms with Crippen molar-refractivity contribution in [1.82, 2.24) is 0 Å². The molecule has 1 heterocycles. The van der Waals surface area contributed by atoms with E-state index < -0.39 is 29.3 Å². The first-order chi connectivity index (χ1) is 11.3. The Morgan fingerprint density at radius 2 is 0.741 bits per heavy atom. The molecule has 1 aliphatic heterocycles. The molecule has 0 amide bonds. The second kappa shape index (κ2) is 17.3. The van der Waals surface area contributed by atoms with Gasteiger partial charge in [-0.1, -0.05) is 104 Å². The topological polar surface area (TPSA) is 121 Å². The standard InChI is InChI=1S/C4H8O.3C2HCl3O2.V/c1-2-4-5-3-1;3*3-2(4,5)1(6)7;/h1-4H2;3*(H,6,7);. The summed E-state index contributed by atoms with van der Waals surface area (Å²) in [6.07, 6.45) is 2.56. The Balaban J connectivity index is -0.000000130. The van der Waals surface area contributed by atoms with Gasteiger partial charge >= 0.3 is 17.9 Å². The molecular weight excluding hydrogens is 602 g/mol. The van der Waals surface area contributed by atoms with Crippen LogP contribution < -0.4 is 0 Å². The quantitative estimate of drug-likeness (QED) is 0.325. The first-order valence-corrected chi connectivity index (χ1v) is 9.21. The number of halogens is 9. The van der Waals surface area contributed by atoms with Crippen LogP contribution in [0.2, 0.25) is 0 Å². The van der Waals surface area contributed by atoms with Crippen LogP contribution in [0.1, 0.15) is 12.8 Å². The molecule has 17 heteroatoms. The predicted octanol–water partition coefficient (Wildman–Crippen LogP) is 5.12. The van der Waals surface area contributed by atoms with Gasteiger partial charge in [0.05, 0.1) is 0 Å². The third kappa shape index (κ3) is 29.9. The molecule has 1 aliphatic rings. The molecule has 27 heavy (non-hydrogen) atoms. The Morgan fingerprint density at radius 3 is 0.778 bits per heavy atom. The molecule has 1 fully saturated rings. The van der Waals surface area contributed by atoms with Gasteiger partial charge in [0.15, 0.2) is 0 Å². The molecule has 3 N–H and O–H groups in total. The van der Waals surface area contributed by atoms with Gasteiger partial charge in [0, 0.05) is 31.8 Å². The van der Waals surface area contributed by atoms with E-state index >= 15 is 0 Å². The Kier molecular flexibility index (Phi) is 23.0. The van der Waals surface area contributed by atoms with Gasteiger partial charge in [-0.05, 0) is 12.8 Å². The zero-order valence-corrected chi connectivity index (χ0v) is 20.9. The summed E-state index contributed by atoms with van der Waals surface area (Å²) in [4.78, 5) is 28.9. The SMILES string of the molecule is C1CCOC1.O=C(O)C(Cl)(Cl)Cl.O=C(O)C(Cl)(Cl)Cl.O=C(O)C(Cl)(Cl)Cl.[V]. The number of ether oxygens (including phenoxy) is 1. The average Bonchev–Trinajstić information content (AvgIpc) is 2.95. The van der Waals surface area contributed by atoms with E-state index in [2.05, 4.69) is 0 Å². The molecule has 0 aromatic heterocycles. The number of carboxylic acids is 3. The van der Waals surface area contributed by atoms with E-state index in [0.29, 0.717) is 0 Å². The molecule has 1 rings (SSSR count). The summed E-state index contributed by atoms with van der Waals surface area (Å²) < 4.78 is -1.56. The summed E-state index contributed by atoms with van der Waals surface area (Å²) >= 11 is 43.2. The maximum Gasteiger partial charge on any atom is 0.356 e. The second-order valence-electron chi connectivity index (χ2n) is 3.73. The van der Waals surface area contributed by atoms with Crippen LogP contribution in [-0.4, -0.2) is 57.8 Å². The van der Waals surface area contributed by atoms with Gasteiger partial charge < -0.3 is 20.1 Å². The number of hydrogen-bond donors (Lipinski definition) is 3. The van der Waals surface area contributed by atoms with Gasteiger partial charge in [-0.3, -0.25) is 0 Å². The maximum absolute atomic E-state index is 9.62. The number of alkyl halides is 9. The zero-order chi connectivity index (χ0) is 21.8. The second-order valence-corrected chi connectivity index (χ2v) is 10.6. The van der Waals surface area contributed by atoms with Gasteiger partial charge in [0.2, 0.25) is 0 Å². The first kappa shape index (κ1) is 36.0. The van der Waals surface area contributed by atoms with Crippen molar-refractivity contribution in [2.24, 2.45) is 0 Å². The van der Waals surface area contributed by atoms with Crippen LogP contribution in [0.25, 0.3) is 0 Å². The van der Waals surface area contributed by atoms with E-state index in [0.717, 1.165) is 13.2 Å². The Labute approximate surface area is 211 Å². The molecule has 161 valence electrons. The molecule has 0 saturated carbocycles. The van der Waals surface area contributed by atoms with E-state index in [1.807, 2.05) is 0 Å². The monoisotopic (exact) mass is 609 g/mol. The number of rotatable bonds is 0. The molecular formula is C10H11Cl9O7V. The minimum absolute atomic E-state index is 0. The summed E-state index contributed by atoms with van der Waals surface area (Å²) in [5, 5.41) is 23.6. The third-order valence-electron chi connectivity index (χ3n) is 1.55. The largest absolute Gasteiger partial charge is 0.478 e. The van der Waals surface area contributed by atoms with Crippen LogP contribution in [0.15, 0.2) is 0 Å². The maximum atomic E-state index is 9.62. The van der Waals surface area contributed by atoms with E-state index in [4.69, 9.17) is 124 Å². The van der Waals surface area contributed by atoms with Crippen molar-refractivity contribution in [1.29, 1.82) is 0 Å². The predicted molar refractivity (Wildman–Crippen MR) is 104 cm³/mol. The van der Waals surface area contributed by atoms with Crippen LogP contribution >= 0.6 is 104 Å². The van der Waals surface area contributed by atoms with Crippen molar-refractivity contribution in [3.05, 3.63) is 0 Å². The van der Waals surface area contributed by atoms with E-state index in [1.54, 1.807) is 0 Å². The van der Waals surface area contributed by atoms with Gasteiger partial charge in [-0.25, -0.2) is 14.4 Å².